The Kier molecular flexibility index (Phi) is 3.59. The van der Waals surface area contributed by atoms with Crippen LogP contribution in [0.15, 0.2) is 36.4 Å². The highest BCUT2D eigenvalue weighted by molar-refractivity contribution is 5.29. The van der Waals surface area contributed by atoms with Crippen molar-refractivity contribution in [2.24, 2.45) is 0 Å². The first-order valence-electron chi connectivity index (χ1n) is 5.40. The number of ether oxygens (including phenoxy) is 2. The van der Waals surface area contributed by atoms with E-state index in [1.807, 2.05) is 30.3 Å². The van der Waals surface area contributed by atoms with Crippen LogP contribution >= 0.6 is 0 Å². The molecule has 0 unspecified atom stereocenters. The molecule has 0 bridgehead atoms. The number of aliphatic hydroxyl groups excluding tert-OH is 1. The summed E-state index contributed by atoms with van der Waals surface area (Å²) in [5, 5.41) is 9.04. The van der Waals surface area contributed by atoms with E-state index in [2.05, 4.69) is 6.08 Å². The highest BCUT2D eigenvalue weighted by Gasteiger charge is 2.18. The van der Waals surface area contributed by atoms with E-state index in [-0.39, 0.29) is 18.8 Å². The lowest BCUT2D eigenvalue weighted by molar-refractivity contribution is -0.0217. The summed E-state index contributed by atoms with van der Waals surface area (Å²) >= 11 is 0. The van der Waals surface area contributed by atoms with Crippen molar-refractivity contribution >= 4 is 0 Å². The van der Waals surface area contributed by atoms with Crippen LogP contribution < -0.4 is 4.74 Å². The van der Waals surface area contributed by atoms with E-state index < -0.39 is 0 Å². The predicted octanol–water partition coefficient (Wildman–Crippen LogP) is 2.07. The first-order chi connectivity index (χ1) is 7.83. The van der Waals surface area contributed by atoms with Crippen LogP contribution in [0.2, 0.25) is 0 Å². The standard InChI is InChI=1S/C13H16O3/c1-15-11-7-5-10(6-8-11)13-4-2-3-12(9-14)16-13/h2-3,5-8,12-14H,4,9H2,1H3/t12-,13+/m1/s1. The number of benzene rings is 1. The Morgan fingerprint density at radius 3 is 2.75 bits per heavy atom. The normalized spacial score (nSPS) is 24.4. The van der Waals surface area contributed by atoms with Gasteiger partial charge in [-0.3, -0.25) is 0 Å². The first-order valence-corrected chi connectivity index (χ1v) is 5.40. The molecule has 0 amide bonds. The molecule has 3 nitrogen and oxygen atoms in total. The maximum atomic E-state index is 9.04. The van der Waals surface area contributed by atoms with Crippen LogP contribution in [0.1, 0.15) is 18.1 Å². The van der Waals surface area contributed by atoms with Gasteiger partial charge in [-0.25, -0.2) is 0 Å². The van der Waals surface area contributed by atoms with E-state index in [0.29, 0.717) is 0 Å². The van der Waals surface area contributed by atoms with Crippen LogP contribution in [0.4, 0.5) is 0 Å². The van der Waals surface area contributed by atoms with E-state index >= 15 is 0 Å². The molecule has 16 heavy (non-hydrogen) atoms. The van der Waals surface area contributed by atoms with Crippen LogP contribution in [0.5, 0.6) is 5.75 Å². The molecule has 1 aliphatic heterocycles. The molecule has 0 saturated heterocycles. The lowest BCUT2D eigenvalue weighted by Crippen LogP contribution is -2.21. The van der Waals surface area contributed by atoms with Gasteiger partial charge in [0.05, 0.1) is 25.9 Å². The summed E-state index contributed by atoms with van der Waals surface area (Å²) in [5.41, 5.74) is 1.11. The molecule has 2 rings (SSSR count). The fraction of sp³-hybridized carbons (Fsp3) is 0.385. The zero-order valence-corrected chi connectivity index (χ0v) is 9.30. The SMILES string of the molecule is COc1ccc([C@@H]2CC=C[C@H](CO)O2)cc1. The minimum atomic E-state index is -0.180. The molecule has 0 spiro atoms. The number of hydrogen-bond acceptors (Lipinski definition) is 3. The van der Waals surface area contributed by atoms with Gasteiger partial charge in [0.25, 0.3) is 0 Å². The summed E-state index contributed by atoms with van der Waals surface area (Å²) in [5.74, 6) is 0.841. The Balaban J connectivity index is 2.09. The van der Waals surface area contributed by atoms with Crippen molar-refractivity contribution in [3.05, 3.63) is 42.0 Å². The molecular formula is C13H16O3. The third-order valence-corrected chi connectivity index (χ3v) is 2.71. The maximum absolute atomic E-state index is 9.04. The Hall–Kier alpha value is -1.32. The molecule has 3 heteroatoms. The van der Waals surface area contributed by atoms with Crippen LogP contribution in [0.25, 0.3) is 0 Å². The monoisotopic (exact) mass is 220 g/mol. The number of aliphatic hydroxyl groups is 1. The maximum Gasteiger partial charge on any atom is 0.118 e. The van der Waals surface area contributed by atoms with Gasteiger partial charge in [-0.05, 0) is 24.1 Å². The van der Waals surface area contributed by atoms with Gasteiger partial charge < -0.3 is 14.6 Å². The van der Waals surface area contributed by atoms with Crippen LogP contribution in [-0.4, -0.2) is 24.9 Å². The highest BCUT2D eigenvalue weighted by Crippen LogP contribution is 2.28. The first kappa shape index (κ1) is 11.2. The van der Waals surface area contributed by atoms with Gasteiger partial charge >= 0.3 is 0 Å². The second-order valence-electron chi connectivity index (χ2n) is 3.78. The van der Waals surface area contributed by atoms with Crippen molar-refractivity contribution in [1.29, 1.82) is 0 Å². The zero-order chi connectivity index (χ0) is 11.4. The fourth-order valence-corrected chi connectivity index (χ4v) is 1.80. The summed E-state index contributed by atoms with van der Waals surface area (Å²) in [4.78, 5) is 0. The molecule has 1 N–H and O–H groups in total. The largest absolute Gasteiger partial charge is 0.497 e. The number of methoxy groups -OCH3 is 1. The van der Waals surface area contributed by atoms with Crippen molar-refractivity contribution in [3.8, 4) is 5.75 Å². The Morgan fingerprint density at radius 1 is 1.38 bits per heavy atom. The molecule has 0 radical (unpaired) electrons. The highest BCUT2D eigenvalue weighted by atomic mass is 16.5. The zero-order valence-electron chi connectivity index (χ0n) is 9.30. The Morgan fingerprint density at radius 2 is 2.12 bits per heavy atom. The Bertz CT molecular complexity index is 356. The van der Waals surface area contributed by atoms with E-state index in [0.717, 1.165) is 17.7 Å². The van der Waals surface area contributed by atoms with Gasteiger partial charge in [-0.15, -0.1) is 0 Å². The summed E-state index contributed by atoms with van der Waals surface area (Å²) < 4.78 is 10.8. The molecule has 86 valence electrons. The molecular weight excluding hydrogens is 204 g/mol. The summed E-state index contributed by atoms with van der Waals surface area (Å²) in [7, 11) is 1.65. The molecule has 1 aromatic carbocycles. The van der Waals surface area contributed by atoms with Gasteiger partial charge in [0.15, 0.2) is 0 Å². The van der Waals surface area contributed by atoms with Crippen molar-refractivity contribution in [1.82, 2.24) is 0 Å². The predicted molar refractivity (Wildman–Crippen MR) is 61.5 cm³/mol. The second-order valence-corrected chi connectivity index (χ2v) is 3.78. The third kappa shape index (κ3) is 2.43. The average Bonchev–Trinajstić information content (AvgIpc) is 2.39. The minimum absolute atomic E-state index is 0.0309. The third-order valence-electron chi connectivity index (χ3n) is 2.71. The van der Waals surface area contributed by atoms with E-state index in [9.17, 15) is 0 Å². The van der Waals surface area contributed by atoms with E-state index in [1.165, 1.54) is 0 Å². The number of rotatable bonds is 3. The number of hydrogen-bond donors (Lipinski definition) is 1. The van der Waals surface area contributed by atoms with Gasteiger partial charge in [0.2, 0.25) is 0 Å². The second kappa shape index (κ2) is 5.14. The minimum Gasteiger partial charge on any atom is -0.497 e. The van der Waals surface area contributed by atoms with Gasteiger partial charge in [-0.1, -0.05) is 24.3 Å². The van der Waals surface area contributed by atoms with Crippen molar-refractivity contribution in [2.45, 2.75) is 18.6 Å². The van der Waals surface area contributed by atoms with Gasteiger partial charge in [-0.2, -0.15) is 0 Å². The van der Waals surface area contributed by atoms with Gasteiger partial charge in [0, 0.05) is 0 Å². The molecule has 1 heterocycles. The fourth-order valence-electron chi connectivity index (χ4n) is 1.80. The van der Waals surface area contributed by atoms with E-state index in [4.69, 9.17) is 14.6 Å². The quantitative estimate of drug-likeness (QED) is 0.792. The topological polar surface area (TPSA) is 38.7 Å². The molecule has 0 aliphatic carbocycles. The lowest BCUT2D eigenvalue weighted by Gasteiger charge is -2.25. The molecule has 0 saturated carbocycles. The lowest BCUT2D eigenvalue weighted by atomic mass is 10.0. The van der Waals surface area contributed by atoms with Crippen molar-refractivity contribution < 1.29 is 14.6 Å². The average molecular weight is 220 g/mol. The van der Waals surface area contributed by atoms with Gasteiger partial charge in [0.1, 0.15) is 5.75 Å². The van der Waals surface area contributed by atoms with Crippen LogP contribution in [0, 0.1) is 0 Å². The summed E-state index contributed by atoms with van der Waals surface area (Å²) in [6, 6.07) is 7.84. The van der Waals surface area contributed by atoms with Crippen LogP contribution in [-0.2, 0) is 4.74 Å². The molecule has 0 fully saturated rings. The smallest absolute Gasteiger partial charge is 0.118 e. The molecule has 0 aromatic heterocycles. The molecule has 1 aromatic rings. The summed E-state index contributed by atoms with van der Waals surface area (Å²) in [6.07, 6.45) is 4.66. The Labute approximate surface area is 95.3 Å². The summed E-state index contributed by atoms with van der Waals surface area (Å²) in [6.45, 7) is 0.0309. The van der Waals surface area contributed by atoms with Crippen LogP contribution in [0.3, 0.4) is 0 Å². The van der Waals surface area contributed by atoms with Crippen molar-refractivity contribution in [3.63, 3.8) is 0 Å². The van der Waals surface area contributed by atoms with E-state index in [1.54, 1.807) is 7.11 Å². The van der Waals surface area contributed by atoms with Crippen molar-refractivity contribution in [2.75, 3.05) is 13.7 Å². The molecule has 1 aliphatic rings. The molecule has 2 atom stereocenters.